The first-order valence-electron chi connectivity index (χ1n) is 9.18. The van der Waals surface area contributed by atoms with Gasteiger partial charge in [0, 0.05) is 24.0 Å². The normalized spacial score (nSPS) is 17.5. The van der Waals surface area contributed by atoms with Crippen molar-refractivity contribution in [2.24, 2.45) is 11.8 Å². The van der Waals surface area contributed by atoms with Crippen LogP contribution in [0.2, 0.25) is 0 Å². The highest BCUT2D eigenvalue weighted by atomic mass is 35.5. The van der Waals surface area contributed by atoms with Gasteiger partial charge in [-0.15, -0.1) is 12.4 Å². The molecule has 6 nitrogen and oxygen atoms in total. The third kappa shape index (κ3) is 6.48. The van der Waals surface area contributed by atoms with Crippen molar-refractivity contribution in [1.29, 1.82) is 0 Å². The summed E-state index contributed by atoms with van der Waals surface area (Å²) in [5.74, 6) is 1.65. The topological polar surface area (TPSA) is 76.1 Å². The maximum absolute atomic E-state index is 12.3. The molecule has 7 heteroatoms. The van der Waals surface area contributed by atoms with E-state index in [-0.39, 0.29) is 18.3 Å². The van der Waals surface area contributed by atoms with Crippen molar-refractivity contribution in [3.05, 3.63) is 42.2 Å². The molecule has 0 spiro atoms. The highest BCUT2D eigenvalue weighted by Crippen LogP contribution is 2.24. The number of aryl methyl sites for hydroxylation is 1. The first-order chi connectivity index (χ1) is 12.6. The fraction of sp³-hybridized carbons (Fsp3) is 0.450. The van der Waals surface area contributed by atoms with Crippen LogP contribution in [0.3, 0.4) is 0 Å². The molecule has 1 aromatic carbocycles. The lowest BCUT2D eigenvalue weighted by Gasteiger charge is -2.28. The maximum atomic E-state index is 12.3. The summed E-state index contributed by atoms with van der Waals surface area (Å²) >= 11 is 0. The molecule has 0 saturated carbocycles. The van der Waals surface area contributed by atoms with Crippen LogP contribution in [0.25, 0.3) is 0 Å². The van der Waals surface area contributed by atoms with Crippen LogP contribution in [0.4, 0.5) is 5.69 Å². The van der Waals surface area contributed by atoms with Gasteiger partial charge in [-0.1, -0.05) is 6.92 Å². The SMILES string of the molecule is Cc1ccnc(Oc2ccc(NC(=O)CC(C)C3CCCNC3)cc2)n1.Cl. The summed E-state index contributed by atoms with van der Waals surface area (Å²) in [6.07, 6.45) is 4.61. The number of nitrogens with zero attached hydrogens (tertiary/aromatic N) is 2. The largest absolute Gasteiger partial charge is 0.424 e. The smallest absolute Gasteiger partial charge is 0.322 e. The van der Waals surface area contributed by atoms with Crippen molar-refractivity contribution in [3.8, 4) is 11.8 Å². The number of amides is 1. The second-order valence-electron chi connectivity index (χ2n) is 6.94. The Balaban J connectivity index is 0.00000261. The van der Waals surface area contributed by atoms with Gasteiger partial charge < -0.3 is 15.4 Å². The van der Waals surface area contributed by atoms with Crippen LogP contribution in [0, 0.1) is 18.8 Å². The minimum Gasteiger partial charge on any atom is -0.424 e. The summed E-state index contributed by atoms with van der Waals surface area (Å²) in [7, 11) is 0. The zero-order valence-electron chi connectivity index (χ0n) is 15.8. The molecule has 1 aliphatic heterocycles. The van der Waals surface area contributed by atoms with Gasteiger partial charge in [0.1, 0.15) is 5.75 Å². The van der Waals surface area contributed by atoms with Crippen LogP contribution >= 0.6 is 12.4 Å². The van der Waals surface area contributed by atoms with Crippen molar-refractivity contribution in [2.45, 2.75) is 33.1 Å². The average molecular weight is 391 g/mol. The number of ether oxygens (including phenoxy) is 1. The van der Waals surface area contributed by atoms with E-state index < -0.39 is 0 Å². The van der Waals surface area contributed by atoms with Gasteiger partial charge in [0.05, 0.1) is 0 Å². The Morgan fingerprint density at radius 2 is 2.11 bits per heavy atom. The zero-order valence-corrected chi connectivity index (χ0v) is 16.6. The Bertz CT molecular complexity index is 733. The number of halogens is 1. The average Bonchev–Trinajstić information content (AvgIpc) is 2.64. The number of benzene rings is 1. The summed E-state index contributed by atoms with van der Waals surface area (Å²) in [4.78, 5) is 20.6. The molecule has 2 atom stereocenters. The molecule has 3 rings (SSSR count). The Morgan fingerprint density at radius 3 is 2.78 bits per heavy atom. The van der Waals surface area contributed by atoms with E-state index in [0.717, 1.165) is 24.5 Å². The second-order valence-corrected chi connectivity index (χ2v) is 6.94. The number of nitrogens with one attached hydrogen (secondary N) is 2. The van der Waals surface area contributed by atoms with Gasteiger partial charge in [0.15, 0.2) is 0 Å². The highest BCUT2D eigenvalue weighted by molar-refractivity contribution is 5.90. The van der Waals surface area contributed by atoms with Crippen LogP contribution in [-0.2, 0) is 4.79 Å². The first-order valence-corrected chi connectivity index (χ1v) is 9.18. The molecule has 0 radical (unpaired) electrons. The number of hydrogen-bond donors (Lipinski definition) is 2. The van der Waals surface area contributed by atoms with Crippen molar-refractivity contribution in [3.63, 3.8) is 0 Å². The Kier molecular flexibility index (Phi) is 8.00. The van der Waals surface area contributed by atoms with E-state index in [0.29, 0.717) is 30.0 Å². The molecular weight excluding hydrogens is 364 g/mol. The number of anilines is 1. The molecule has 1 aromatic heterocycles. The number of aromatic nitrogens is 2. The van der Waals surface area contributed by atoms with Crippen LogP contribution < -0.4 is 15.4 Å². The summed E-state index contributed by atoms with van der Waals surface area (Å²) < 4.78 is 5.62. The molecule has 146 valence electrons. The van der Waals surface area contributed by atoms with E-state index >= 15 is 0 Å². The highest BCUT2D eigenvalue weighted by Gasteiger charge is 2.22. The van der Waals surface area contributed by atoms with Gasteiger partial charge in [-0.3, -0.25) is 4.79 Å². The predicted molar refractivity (Wildman–Crippen MR) is 109 cm³/mol. The van der Waals surface area contributed by atoms with Gasteiger partial charge >= 0.3 is 6.01 Å². The van der Waals surface area contributed by atoms with Crippen molar-refractivity contribution in [2.75, 3.05) is 18.4 Å². The van der Waals surface area contributed by atoms with Crippen LogP contribution in [0.5, 0.6) is 11.8 Å². The minimum atomic E-state index is 0. The quantitative estimate of drug-likeness (QED) is 0.780. The lowest BCUT2D eigenvalue weighted by molar-refractivity contribution is -0.117. The Morgan fingerprint density at radius 1 is 1.33 bits per heavy atom. The Hall–Kier alpha value is -2.18. The molecule has 2 unspecified atom stereocenters. The van der Waals surface area contributed by atoms with Gasteiger partial charge in [-0.25, -0.2) is 9.97 Å². The van der Waals surface area contributed by atoms with Crippen LogP contribution in [0.1, 0.15) is 31.9 Å². The summed E-state index contributed by atoms with van der Waals surface area (Å²) in [6.45, 7) is 6.16. The molecule has 0 aliphatic carbocycles. The molecule has 2 heterocycles. The lowest BCUT2D eigenvalue weighted by Crippen LogP contribution is -2.34. The summed E-state index contributed by atoms with van der Waals surface area (Å²) in [5.41, 5.74) is 1.61. The lowest BCUT2D eigenvalue weighted by atomic mass is 9.85. The third-order valence-corrected chi connectivity index (χ3v) is 4.77. The molecule has 1 aliphatic rings. The molecule has 2 aromatic rings. The van der Waals surface area contributed by atoms with Crippen LogP contribution in [-0.4, -0.2) is 29.0 Å². The van der Waals surface area contributed by atoms with E-state index in [1.165, 1.54) is 12.8 Å². The number of piperidine rings is 1. The number of carbonyl (C=O) groups excluding carboxylic acids is 1. The van der Waals surface area contributed by atoms with E-state index in [9.17, 15) is 4.79 Å². The molecule has 27 heavy (non-hydrogen) atoms. The maximum Gasteiger partial charge on any atom is 0.322 e. The van der Waals surface area contributed by atoms with Crippen molar-refractivity contribution in [1.82, 2.24) is 15.3 Å². The molecule has 0 bridgehead atoms. The van der Waals surface area contributed by atoms with E-state index in [4.69, 9.17) is 4.74 Å². The van der Waals surface area contributed by atoms with E-state index in [2.05, 4.69) is 27.5 Å². The fourth-order valence-electron chi connectivity index (χ4n) is 3.22. The van der Waals surface area contributed by atoms with E-state index in [1.807, 2.05) is 25.1 Å². The molecule has 1 saturated heterocycles. The molecule has 1 amide bonds. The Labute approximate surface area is 166 Å². The second kappa shape index (κ2) is 10.2. The summed E-state index contributed by atoms with van der Waals surface area (Å²) in [6, 6.07) is 9.39. The predicted octanol–water partition coefficient (Wildman–Crippen LogP) is 3.96. The standard InChI is InChI=1S/C20H26N4O2.ClH/c1-14(16-4-3-10-21-13-16)12-19(25)24-17-5-7-18(8-6-17)26-20-22-11-9-15(2)23-20;/h5-9,11,14,16,21H,3-4,10,12-13H2,1-2H3,(H,24,25);1H. The minimum absolute atomic E-state index is 0. The van der Waals surface area contributed by atoms with Gasteiger partial charge in [0.2, 0.25) is 5.91 Å². The molecule has 2 N–H and O–H groups in total. The van der Waals surface area contributed by atoms with Crippen molar-refractivity contribution < 1.29 is 9.53 Å². The number of carbonyl (C=O) groups is 1. The first kappa shape index (κ1) is 21.1. The number of rotatable bonds is 6. The third-order valence-electron chi connectivity index (χ3n) is 4.77. The number of hydrogen-bond acceptors (Lipinski definition) is 5. The van der Waals surface area contributed by atoms with E-state index in [1.54, 1.807) is 18.3 Å². The van der Waals surface area contributed by atoms with Gasteiger partial charge in [-0.2, -0.15) is 0 Å². The molecular formula is C20H27ClN4O2. The zero-order chi connectivity index (χ0) is 18.4. The summed E-state index contributed by atoms with van der Waals surface area (Å²) in [5, 5.41) is 6.38. The monoisotopic (exact) mass is 390 g/mol. The van der Waals surface area contributed by atoms with Gasteiger partial charge in [-0.05, 0) is 75.0 Å². The van der Waals surface area contributed by atoms with Crippen molar-refractivity contribution >= 4 is 24.0 Å². The van der Waals surface area contributed by atoms with Crippen LogP contribution in [0.15, 0.2) is 36.5 Å². The van der Waals surface area contributed by atoms with Gasteiger partial charge in [0.25, 0.3) is 0 Å². The molecule has 1 fully saturated rings. The fourth-order valence-corrected chi connectivity index (χ4v) is 3.22.